The van der Waals surface area contributed by atoms with Gasteiger partial charge in [0.15, 0.2) is 0 Å². The van der Waals surface area contributed by atoms with E-state index in [2.05, 4.69) is 0 Å². The van der Waals surface area contributed by atoms with E-state index in [1.165, 1.54) is 4.90 Å². The molecular weight excluding hydrogens is 169 g/mol. The van der Waals surface area contributed by atoms with Crippen molar-refractivity contribution in [3.8, 4) is 0 Å². The lowest BCUT2D eigenvalue weighted by atomic mass is 10.1. The molecule has 1 aromatic rings. The highest BCUT2D eigenvalue weighted by atomic mass is 19.1. The van der Waals surface area contributed by atoms with Gasteiger partial charge < -0.3 is 4.90 Å². The molecule has 0 aliphatic carbocycles. The van der Waals surface area contributed by atoms with E-state index in [0.717, 1.165) is 11.1 Å². The number of carbonyl (C=O) groups is 1. The second-order valence-electron chi connectivity index (χ2n) is 3.07. The van der Waals surface area contributed by atoms with Gasteiger partial charge in [0.1, 0.15) is 6.67 Å². The van der Waals surface area contributed by atoms with Gasteiger partial charge in [-0.05, 0) is 11.6 Å². The van der Waals surface area contributed by atoms with E-state index in [1.54, 1.807) is 6.07 Å². The van der Waals surface area contributed by atoms with Gasteiger partial charge >= 0.3 is 0 Å². The van der Waals surface area contributed by atoms with E-state index in [1.807, 2.05) is 18.2 Å². The molecule has 1 aliphatic rings. The van der Waals surface area contributed by atoms with Crippen LogP contribution in [-0.2, 0) is 6.54 Å². The van der Waals surface area contributed by atoms with Crippen molar-refractivity contribution in [1.82, 2.24) is 4.90 Å². The fourth-order valence-corrected chi connectivity index (χ4v) is 1.60. The molecule has 0 radical (unpaired) electrons. The van der Waals surface area contributed by atoms with Gasteiger partial charge in [0.2, 0.25) is 0 Å². The van der Waals surface area contributed by atoms with Gasteiger partial charge in [-0.2, -0.15) is 0 Å². The van der Waals surface area contributed by atoms with Crippen LogP contribution in [0.15, 0.2) is 24.3 Å². The van der Waals surface area contributed by atoms with Crippen molar-refractivity contribution in [3.05, 3.63) is 35.4 Å². The number of carbonyl (C=O) groups excluding carboxylic acids is 1. The molecule has 1 aromatic carbocycles. The van der Waals surface area contributed by atoms with E-state index >= 15 is 0 Å². The first kappa shape index (κ1) is 8.23. The van der Waals surface area contributed by atoms with Crippen LogP contribution in [0.4, 0.5) is 4.39 Å². The second kappa shape index (κ2) is 3.17. The normalized spacial score (nSPS) is 14.8. The summed E-state index contributed by atoms with van der Waals surface area (Å²) in [4.78, 5) is 13.1. The second-order valence-corrected chi connectivity index (χ2v) is 3.07. The number of rotatable bonds is 2. The maximum atomic E-state index is 12.0. The van der Waals surface area contributed by atoms with Gasteiger partial charge in [0, 0.05) is 18.7 Å². The van der Waals surface area contributed by atoms with Crippen LogP contribution in [0.2, 0.25) is 0 Å². The maximum absolute atomic E-state index is 12.0. The lowest BCUT2D eigenvalue weighted by Gasteiger charge is -2.11. The molecule has 68 valence electrons. The van der Waals surface area contributed by atoms with Crippen LogP contribution < -0.4 is 0 Å². The minimum absolute atomic E-state index is 0.0479. The van der Waals surface area contributed by atoms with Crippen molar-refractivity contribution in [2.24, 2.45) is 0 Å². The Bertz CT molecular complexity index is 337. The molecule has 1 heterocycles. The summed E-state index contributed by atoms with van der Waals surface area (Å²) in [6.45, 7) is 0.284. The first-order valence-corrected chi connectivity index (χ1v) is 4.26. The third kappa shape index (κ3) is 1.30. The van der Waals surface area contributed by atoms with Crippen LogP contribution in [0, 0.1) is 0 Å². The summed E-state index contributed by atoms with van der Waals surface area (Å²) in [6, 6.07) is 7.42. The Kier molecular flexibility index (Phi) is 2.00. The number of benzene rings is 1. The highest BCUT2D eigenvalue weighted by Gasteiger charge is 2.25. The summed E-state index contributed by atoms with van der Waals surface area (Å²) in [6.07, 6.45) is 0. The molecule has 0 unspecified atom stereocenters. The summed E-state index contributed by atoms with van der Waals surface area (Å²) in [5.41, 5.74) is 1.72. The summed E-state index contributed by atoms with van der Waals surface area (Å²) in [5, 5.41) is 0. The van der Waals surface area contributed by atoms with Crippen LogP contribution in [0.1, 0.15) is 15.9 Å². The highest BCUT2D eigenvalue weighted by molar-refractivity contribution is 5.98. The SMILES string of the molecule is O=C1c2ccccc2CN1CCF. The molecule has 2 nitrogen and oxygen atoms in total. The summed E-state index contributed by atoms with van der Waals surface area (Å²) < 4.78 is 12.0. The van der Waals surface area contributed by atoms with Crippen LogP contribution >= 0.6 is 0 Å². The van der Waals surface area contributed by atoms with Crippen LogP contribution in [0.5, 0.6) is 0 Å². The van der Waals surface area contributed by atoms with Gasteiger partial charge in [-0.1, -0.05) is 18.2 Å². The Balaban J connectivity index is 2.28. The van der Waals surface area contributed by atoms with Gasteiger partial charge in [0.25, 0.3) is 5.91 Å². The number of amides is 1. The summed E-state index contributed by atoms with van der Waals surface area (Å²) in [5.74, 6) is -0.0479. The Hall–Kier alpha value is -1.38. The predicted molar refractivity (Wildman–Crippen MR) is 47.2 cm³/mol. The lowest BCUT2D eigenvalue weighted by molar-refractivity contribution is 0.0768. The van der Waals surface area contributed by atoms with Crippen molar-refractivity contribution < 1.29 is 9.18 Å². The number of nitrogens with zero attached hydrogens (tertiary/aromatic N) is 1. The third-order valence-electron chi connectivity index (χ3n) is 2.25. The molecule has 0 N–H and O–H groups in total. The van der Waals surface area contributed by atoms with Crippen molar-refractivity contribution in [2.45, 2.75) is 6.54 Å². The third-order valence-corrected chi connectivity index (χ3v) is 2.25. The van der Waals surface area contributed by atoms with Gasteiger partial charge in [-0.25, -0.2) is 4.39 Å². The van der Waals surface area contributed by atoms with Gasteiger partial charge in [-0.3, -0.25) is 4.79 Å². The average Bonchev–Trinajstić information content (AvgIpc) is 2.46. The Morgan fingerprint density at radius 2 is 2.15 bits per heavy atom. The van der Waals surface area contributed by atoms with Crippen LogP contribution in [0.3, 0.4) is 0 Å². The fraction of sp³-hybridized carbons (Fsp3) is 0.300. The topological polar surface area (TPSA) is 20.3 Å². The van der Waals surface area contributed by atoms with Crippen molar-refractivity contribution >= 4 is 5.91 Å². The average molecular weight is 179 g/mol. The quantitative estimate of drug-likeness (QED) is 0.675. The molecule has 0 aromatic heterocycles. The molecule has 0 saturated carbocycles. The Morgan fingerprint density at radius 3 is 2.85 bits per heavy atom. The first-order valence-electron chi connectivity index (χ1n) is 4.26. The van der Waals surface area contributed by atoms with Crippen molar-refractivity contribution in [3.63, 3.8) is 0 Å². The zero-order chi connectivity index (χ0) is 9.26. The monoisotopic (exact) mass is 179 g/mol. The molecule has 13 heavy (non-hydrogen) atoms. The van der Waals surface area contributed by atoms with E-state index in [-0.39, 0.29) is 12.5 Å². The van der Waals surface area contributed by atoms with E-state index in [0.29, 0.717) is 6.54 Å². The molecule has 0 fully saturated rings. The largest absolute Gasteiger partial charge is 0.332 e. The molecule has 0 atom stereocenters. The van der Waals surface area contributed by atoms with Crippen LogP contribution in [0.25, 0.3) is 0 Å². The zero-order valence-corrected chi connectivity index (χ0v) is 7.16. The molecule has 3 heteroatoms. The number of hydrogen-bond donors (Lipinski definition) is 0. The standard InChI is InChI=1S/C10H10FNO/c11-5-6-12-7-8-3-1-2-4-9(8)10(12)13/h1-4H,5-7H2. The molecule has 0 saturated heterocycles. The molecule has 1 aliphatic heterocycles. The van der Waals surface area contributed by atoms with Crippen molar-refractivity contribution in [2.75, 3.05) is 13.2 Å². The van der Waals surface area contributed by atoms with E-state index in [4.69, 9.17) is 0 Å². The maximum Gasteiger partial charge on any atom is 0.254 e. The fourth-order valence-electron chi connectivity index (χ4n) is 1.60. The van der Waals surface area contributed by atoms with Gasteiger partial charge in [-0.15, -0.1) is 0 Å². The molecule has 0 spiro atoms. The minimum atomic E-state index is -0.472. The minimum Gasteiger partial charge on any atom is -0.332 e. The first-order chi connectivity index (χ1) is 6.33. The van der Waals surface area contributed by atoms with Gasteiger partial charge in [0.05, 0.1) is 0 Å². The number of halogens is 1. The molecule has 0 bridgehead atoms. The van der Waals surface area contributed by atoms with E-state index in [9.17, 15) is 9.18 Å². The number of fused-ring (bicyclic) bond motifs is 1. The van der Waals surface area contributed by atoms with E-state index < -0.39 is 6.67 Å². The zero-order valence-electron chi connectivity index (χ0n) is 7.16. The van der Waals surface area contributed by atoms with Crippen molar-refractivity contribution in [1.29, 1.82) is 0 Å². The summed E-state index contributed by atoms with van der Waals surface area (Å²) in [7, 11) is 0. The molecular formula is C10H10FNO. The molecule has 2 rings (SSSR count). The molecule has 1 amide bonds. The number of alkyl halides is 1. The van der Waals surface area contributed by atoms with Crippen LogP contribution in [-0.4, -0.2) is 24.0 Å². The smallest absolute Gasteiger partial charge is 0.254 e. The Morgan fingerprint density at radius 1 is 1.38 bits per heavy atom. The highest BCUT2D eigenvalue weighted by Crippen LogP contribution is 2.21. The summed E-state index contributed by atoms with van der Waals surface area (Å²) >= 11 is 0. The lowest BCUT2D eigenvalue weighted by Crippen LogP contribution is -2.25. The number of hydrogen-bond acceptors (Lipinski definition) is 1. The Labute approximate surface area is 76.0 Å². The predicted octanol–water partition coefficient (Wildman–Crippen LogP) is 1.61.